The lowest BCUT2D eigenvalue weighted by Gasteiger charge is -2.40. The van der Waals surface area contributed by atoms with Crippen molar-refractivity contribution in [2.75, 3.05) is 19.7 Å². The molecule has 1 aliphatic carbocycles. The number of ether oxygens (including phenoxy) is 1. The van der Waals surface area contributed by atoms with Gasteiger partial charge < -0.3 is 14.1 Å². The molecule has 1 fully saturated rings. The summed E-state index contributed by atoms with van der Waals surface area (Å²) in [5.41, 5.74) is 2.30. The van der Waals surface area contributed by atoms with Gasteiger partial charge in [-0.1, -0.05) is 0 Å². The van der Waals surface area contributed by atoms with Crippen LogP contribution in [0.15, 0.2) is 45.7 Å². The van der Waals surface area contributed by atoms with E-state index >= 15 is 0 Å². The van der Waals surface area contributed by atoms with E-state index in [-0.39, 0.29) is 17.9 Å². The third kappa shape index (κ3) is 3.34. The molecule has 7 nitrogen and oxygen atoms in total. The highest BCUT2D eigenvalue weighted by Gasteiger charge is 2.44. The van der Waals surface area contributed by atoms with Crippen LogP contribution >= 0.6 is 0 Å². The summed E-state index contributed by atoms with van der Waals surface area (Å²) in [5.74, 6) is 1.25. The molecule has 5 rings (SSSR count). The number of hydrogen-bond acceptors (Lipinski definition) is 6. The Balaban J connectivity index is 1.29. The van der Waals surface area contributed by atoms with E-state index in [0.29, 0.717) is 17.9 Å². The van der Waals surface area contributed by atoms with Crippen molar-refractivity contribution >= 4 is 16.9 Å². The number of fused-ring (bicyclic) bond motifs is 3. The van der Waals surface area contributed by atoms with Crippen LogP contribution in [0, 0.1) is 6.92 Å². The van der Waals surface area contributed by atoms with Gasteiger partial charge in [-0.25, -0.2) is 14.8 Å². The second-order valence-corrected chi connectivity index (χ2v) is 8.23. The van der Waals surface area contributed by atoms with E-state index in [0.717, 1.165) is 49.1 Å². The van der Waals surface area contributed by atoms with Gasteiger partial charge in [-0.05, 0) is 56.4 Å². The van der Waals surface area contributed by atoms with Gasteiger partial charge in [0.25, 0.3) is 5.91 Å². The number of aromatic nitrogens is 2. The zero-order valence-electron chi connectivity index (χ0n) is 16.9. The van der Waals surface area contributed by atoms with Gasteiger partial charge in [-0.3, -0.25) is 4.79 Å². The van der Waals surface area contributed by atoms with E-state index in [2.05, 4.69) is 4.98 Å². The minimum atomic E-state index is -0.412. The largest absolute Gasteiger partial charge is 0.484 e. The smallest absolute Gasteiger partial charge is 0.336 e. The second-order valence-electron chi connectivity index (χ2n) is 8.23. The summed E-state index contributed by atoms with van der Waals surface area (Å²) < 4.78 is 10.9. The quantitative estimate of drug-likeness (QED) is 0.623. The molecule has 0 bridgehead atoms. The first kappa shape index (κ1) is 18.8. The van der Waals surface area contributed by atoms with E-state index in [1.165, 1.54) is 11.6 Å². The zero-order chi connectivity index (χ0) is 20.7. The minimum Gasteiger partial charge on any atom is -0.484 e. The average Bonchev–Trinajstić information content (AvgIpc) is 3.08. The molecule has 2 aromatic heterocycles. The highest BCUT2D eigenvalue weighted by atomic mass is 16.5. The van der Waals surface area contributed by atoms with Crippen molar-refractivity contribution in [3.05, 3.63) is 64.0 Å². The zero-order valence-corrected chi connectivity index (χ0v) is 16.9. The first-order valence-electron chi connectivity index (χ1n) is 10.3. The maximum absolute atomic E-state index is 12.9. The van der Waals surface area contributed by atoms with Crippen molar-refractivity contribution in [2.24, 2.45) is 0 Å². The topological polar surface area (TPSA) is 85.5 Å². The molecule has 30 heavy (non-hydrogen) atoms. The molecule has 3 heterocycles. The molecule has 0 saturated carbocycles. The normalized spacial score (nSPS) is 20.5. The number of rotatable bonds is 3. The van der Waals surface area contributed by atoms with E-state index in [4.69, 9.17) is 14.1 Å². The number of aryl methyl sites for hydroxylation is 2. The second kappa shape index (κ2) is 7.23. The molecule has 1 saturated heterocycles. The SMILES string of the molecule is Cc1ncc2c(n1)C1(CCCN(C(=O)COc3ccc4ccc(=O)oc4c3)C1)CC2. The van der Waals surface area contributed by atoms with Gasteiger partial charge in [-0.15, -0.1) is 0 Å². The van der Waals surface area contributed by atoms with Gasteiger partial charge in [0.2, 0.25) is 0 Å². The van der Waals surface area contributed by atoms with Crippen LogP contribution in [-0.2, 0) is 16.6 Å². The molecule has 1 atom stereocenters. The summed E-state index contributed by atoms with van der Waals surface area (Å²) in [6.45, 7) is 3.27. The Morgan fingerprint density at radius 1 is 1.27 bits per heavy atom. The fourth-order valence-corrected chi connectivity index (χ4v) is 4.74. The van der Waals surface area contributed by atoms with Crippen LogP contribution in [0.4, 0.5) is 0 Å². The summed E-state index contributed by atoms with van der Waals surface area (Å²) >= 11 is 0. The van der Waals surface area contributed by atoms with Crippen molar-refractivity contribution < 1.29 is 13.9 Å². The third-order valence-corrected chi connectivity index (χ3v) is 6.25. The fourth-order valence-electron chi connectivity index (χ4n) is 4.74. The predicted octanol–water partition coefficient (Wildman–Crippen LogP) is 2.78. The highest BCUT2D eigenvalue weighted by molar-refractivity contribution is 5.79. The van der Waals surface area contributed by atoms with Gasteiger partial charge in [0.1, 0.15) is 17.2 Å². The number of hydrogen-bond donors (Lipinski definition) is 0. The van der Waals surface area contributed by atoms with Crippen molar-refractivity contribution in [3.63, 3.8) is 0 Å². The Morgan fingerprint density at radius 2 is 2.13 bits per heavy atom. The van der Waals surface area contributed by atoms with Crippen molar-refractivity contribution in [3.8, 4) is 5.75 Å². The van der Waals surface area contributed by atoms with Gasteiger partial charge in [0.15, 0.2) is 6.61 Å². The molecule has 1 spiro atoms. The van der Waals surface area contributed by atoms with Crippen LogP contribution in [0.25, 0.3) is 11.0 Å². The number of carbonyl (C=O) groups excluding carboxylic acids is 1. The van der Waals surface area contributed by atoms with Crippen LogP contribution < -0.4 is 10.4 Å². The number of nitrogens with zero attached hydrogens (tertiary/aromatic N) is 3. The Morgan fingerprint density at radius 3 is 3.03 bits per heavy atom. The van der Waals surface area contributed by atoms with Gasteiger partial charge in [0.05, 0.1) is 5.69 Å². The molecule has 1 aliphatic heterocycles. The first-order chi connectivity index (χ1) is 14.5. The summed E-state index contributed by atoms with van der Waals surface area (Å²) in [6.07, 6.45) is 5.92. The van der Waals surface area contributed by atoms with Crippen LogP contribution in [0.1, 0.15) is 36.3 Å². The van der Waals surface area contributed by atoms with E-state index in [9.17, 15) is 9.59 Å². The molecular weight excluding hydrogens is 382 g/mol. The summed E-state index contributed by atoms with van der Waals surface area (Å²) in [4.78, 5) is 35.3. The number of carbonyl (C=O) groups is 1. The molecule has 0 N–H and O–H groups in total. The predicted molar refractivity (Wildman–Crippen MR) is 111 cm³/mol. The molecule has 154 valence electrons. The highest BCUT2D eigenvalue weighted by Crippen LogP contribution is 2.43. The maximum atomic E-state index is 12.9. The third-order valence-electron chi connectivity index (χ3n) is 6.25. The van der Waals surface area contributed by atoms with Gasteiger partial charge in [-0.2, -0.15) is 0 Å². The van der Waals surface area contributed by atoms with E-state index in [1.807, 2.05) is 24.1 Å². The molecular formula is C23H23N3O4. The summed E-state index contributed by atoms with van der Waals surface area (Å²) in [7, 11) is 0. The van der Waals surface area contributed by atoms with Crippen molar-refractivity contribution in [1.82, 2.24) is 14.9 Å². The Kier molecular flexibility index (Phi) is 4.53. The van der Waals surface area contributed by atoms with Crippen LogP contribution in [-0.4, -0.2) is 40.5 Å². The molecule has 1 unspecified atom stereocenters. The molecule has 2 aliphatic rings. The van der Waals surface area contributed by atoms with Gasteiger partial charge in [0, 0.05) is 42.2 Å². The lowest BCUT2D eigenvalue weighted by molar-refractivity contribution is -0.135. The van der Waals surface area contributed by atoms with Gasteiger partial charge >= 0.3 is 5.63 Å². The van der Waals surface area contributed by atoms with Crippen LogP contribution in [0.5, 0.6) is 5.75 Å². The fraction of sp³-hybridized carbons (Fsp3) is 0.391. The maximum Gasteiger partial charge on any atom is 0.336 e. The number of likely N-dealkylation sites (tertiary alicyclic amines) is 1. The number of benzene rings is 1. The summed E-state index contributed by atoms with van der Waals surface area (Å²) in [5, 5.41) is 0.809. The molecule has 1 aromatic carbocycles. The molecule has 0 radical (unpaired) electrons. The first-order valence-corrected chi connectivity index (χ1v) is 10.3. The molecule has 1 amide bonds. The Bertz CT molecular complexity index is 1180. The van der Waals surface area contributed by atoms with Crippen molar-refractivity contribution in [2.45, 2.75) is 38.0 Å². The van der Waals surface area contributed by atoms with Crippen LogP contribution in [0.3, 0.4) is 0 Å². The molecule has 7 heteroatoms. The average molecular weight is 405 g/mol. The Labute approximate surface area is 173 Å². The van der Waals surface area contributed by atoms with E-state index in [1.54, 1.807) is 18.2 Å². The minimum absolute atomic E-state index is 0.0390. The lowest BCUT2D eigenvalue weighted by Crippen LogP contribution is -2.49. The standard InChI is InChI=1S/C23H23N3O4/c1-15-24-12-17-7-9-23(22(17)25-15)8-2-10-26(14-23)20(27)13-29-18-5-3-16-4-6-21(28)30-19(16)11-18/h3-6,11-12H,2,7-10,13-14H2,1H3. The Hall–Kier alpha value is -3.22. The molecule has 3 aromatic rings. The lowest BCUT2D eigenvalue weighted by atomic mass is 9.77. The van der Waals surface area contributed by atoms with Crippen molar-refractivity contribution in [1.29, 1.82) is 0 Å². The monoisotopic (exact) mass is 405 g/mol. The summed E-state index contributed by atoms with van der Waals surface area (Å²) in [6, 6.07) is 8.32. The number of piperidine rings is 1. The van der Waals surface area contributed by atoms with Crippen LogP contribution in [0.2, 0.25) is 0 Å². The number of amides is 1. The van der Waals surface area contributed by atoms with E-state index < -0.39 is 5.63 Å².